The predicted octanol–water partition coefficient (Wildman–Crippen LogP) is 6.31. The minimum Gasteiger partial charge on any atom is -0.103 e. The molecule has 0 N–H and O–H groups in total. The van der Waals surface area contributed by atoms with E-state index in [1.165, 1.54) is 64.2 Å². The highest BCUT2D eigenvalue weighted by atomic mass is 14.3. The molecule has 0 heteroatoms. The molecular weight excluding hydrogens is 240 g/mol. The van der Waals surface area contributed by atoms with E-state index in [-0.39, 0.29) is 0 Å². The second kappa shape index (κ2) is 8.49. The fourth-order valence-corrected chi connectivity index (χ4v) is 4.02. The molecule has 0 aromatic heterocycles. The smallest absolute Gasteiger partial charge is 0.0233 e. The van der Waals surface area contributed by atoms with E-state index in [9.17, 15) is 0 Å². The summed E-state index contributed by atoms with van der Waals surface area (Å²) >= 11 is 0. The first kappa shape index (κ1) is 15.6. The molecule has 0 atom stereocenters. The third-order valence-corrected chi connectivity index (χ3v) is 5.44. The zero-order valence-corrected chi connectivity index (χ0v) is 13.1. The zero-order valence-electron chi connectivity index (χ0n) is 13.1. The van der Waals surface area contributed by atoms with Crippen LogP contribution in [0.5, 0.6) is 0 Å². The summed E-state index contributed by atoms with van der Waals surface area (Å²) in [4.78, 5) is 0. The summed E-state index contributed by atoms with van der Waals surface area (Å²) in [6.45, 7) is 7.74. The van der Waals surface area contributed by atoms with Gasteiger partial charge in [0.15, 0.2) is 0 Å². The molecule has 0 aromatic carbocycles. The first-order valence-electron chi connectivity index (χ1n) is 8.72. The van der Waals surface area contributed by atoms with Crippen LogP contribution >= 0.6 is 0 Å². The fourth-order valence-electron chi connectivity index (χ4n) is 4.02. The summed E-state index contributed by atoms with van der Waals surface area (Å²) in [5.74, 6) is 3.57. The van der Waals surface area contributed by atoms with Crippen molar-refractivity contribution in [1.82, 2.24) is 0 Å². The quantitative estimate of drug-likeness (QED) is 0.497. The molecular formula is C20H32. The molecule has 0 aliphatic heterocycles. The average molecular weight is 272 g/mol. The van der Waals surface area contributed by atoms with Crippen LogP contribution in [0.1, 0.15) is 64.2 Å². The highest BCUT2D eigenvalue weighted by Gasteiger charge is 2.20. The van der Waals surface area contributed by atoms with Crippen LogP contribution in [0.25, 0.3) is 0 Å². The largest absolute Gasteiger partial charge is 0.103 e. The van der Waals surface area contributed by atoms with Gasteiger partial charge in [-0.25, -0.2) is 0 Å². The van der Waals surface area contributed by atoms with Crippen LogP contribution in [-0.2, 0) is 0 Å². The van der Waals surface area contributed by atoms with Crippen molar-refractivity contribution in [1.29, 1.82) is 0 Å². The van der Waals surface area contributed by atoms with E-state index in [1.807, 2.05) is 0 Å². The van der Waals surface area contributed by atoms with E-state index in [4.69, 9.17) is 0 Å². The lowest BCUT2D eigenvalue weighted by molar-refractivity contribution is 0.301. The van der Waals surface area contributed by atoms with Crippen molar-refractivity contribution in [3.63, 3.8) is 0 Å². The molecule has 0 aromatic rings. The summed E-state index contributed by atoms with van der Waals surface area (Å²) in [6.07, 6.45) is 23.0. The van der Waals surface area contributed by atoms with Crippen molar-refractivity contribution in [2.75, 3.05) is 0 Å². The average Bonchev–Trinajstić information content (AvgIpc) is 2.49. The molecule has 0 bridgehead atoms. The normalized spacial score (nSPS) is 35.0. The molecule has 112 valence electrons. The minimum atomic E-state index is 0.863. The van der Waals surface area contributed by atoms with E-state index in [0.717, 1.165) is 23.7 Å². The van der Waals surface area contributed by atoms with Gasteiger partial charge in [0.25, 0.3) is 0 Å². The van der Waals surface area contributed by atoms with Crippen LogP contribution in [0.4, 0.5) is 0 Å². The van der Waals surface area contributed by atoms with Crippen molar-refractivity contribution >= 4 is 0 Å². The van der Waals surface area contributed by atoms with Gasteiger partial charge in [-0.05, 0) is 87.9 Å². The molecule has 0 radical (unpaired) electrons. The van der Waals surface area contributed by atoms with Crippen molar-refractivity contribution in [3.8, 4) is 0 Å². The Morgan fingerprint density at radius 3 is 1.25 bits per heavy atom. The van der Waals surface area contributed by atoms with E-state index >= 15 is 0 Å². The maximum absolute atomic E-state index is 3.87. The molecule has 0 saturated heterocycles. The molecule has 2 fully saturated rings. The lowest BCUT2D eigenvalue weighted by Crippen LogP contribution is -2.14. The highest BCUT2D eigenvalue weighted by molar-refractivity contribution is 4.97. The number of rotatable bonds is 6. The third-order valence-electron chi connectivity index (χ3n) is 5.44. The number of allylic oxidation sites excluding steroid dienone is 4. The van der Waals surface area contributed by atoms with Crippen LogP contribution in [0, 0.1) is 23.7 Å². The van der Waals surface area contributed by atoms with Gasteiger partial charge >= 0.3 is 0 Å². The summed E-state index contributed by atoms with van der Waals surface area (Å²) in [5.41, 5.74) is 0. The standard InChI is InChI=1S/C20H32/c1-3-5-17-7-11-19(12-8-17)15-16-20-13-9-18(6-4-2)10-14-20/h3-4,15-20H,1-2,5-14H2/b16-15+. The highest BCUT2D eigenvalue weighted by Crippen LogP contribution is 2.34. The maximum Gasteiger partial charge on any atom is -0.0233 e. The Balaban J connectivity index is 1.67. The van der Waals surface area contributed by atoms with Crippen LogP contribution < -0.4 is 0 Å². The van der Waals surface area contributed by atoms with Crippen LogP contribution in [0.2, 0.25) is 0 Å². The Labute approximate surface area is 126 Å². The SMILES string of the molecule is C=CCC1CCC(/C=C/C2CCC(CC=C)CC2)CC1. The molecule has 20 heavy (non-hydrogen) atoms. The maximum atomic E-state index is 3.87. The van der Waals surface area contributed by atoms with Gasteiger partial charge in [0.2, 0.25) is 0 Å². The van der Waals surface area contributed by atoms with Crippen molar-refractivity contribution in [2.24, 2.45) is 23.7 Å². The summed E-state index contributed by atoms with van der Waals surface area (Å²) in [5, 5.41) is 0. The second-order valence-corrected chi connectivity index (χ2v) is 7.00. The molecule has 0 amide bonds. The fraction of sp³-hybridized carbons (Fsp3) is 0.700. The molecule has 2 rings (SSSR count). The monoisotopic (exact) mass is 272 g/mol. The Morgan fingerprint density at radius 2 is 0.950 bits per heavy atom. The van der Waals surface area contributed by atoms with Crippen molar-refractivity contribution in [2.45, 2.75) is 64.2 Å². The summed E-state index contributed by atoms with van der Waals surface area (Å²) in [7, 11) is 0. The molecule has 0 heterocycles. The summed E-state index contributed by atoms with van der Waals surface area (Å²) in [6, 6.07) is 0. The first-order valence-corrected chi connectivity index (χ1v) is 8.72. The lowest BCUT2D eigenvalue weighted by Gasteiger charge is -2.28. The topological polar surface area (TPSA) is 0 Å². The third kappa shape index (κ3) is 4.96. The van der Waals surface area contributed by atoms with E-state index < -0.39 is 0 Å². The van der Waals surface area contributed by atoms with E-state index in [1.54, 1.807) is 0 Å². The van der Waals surface area contributed by atoms with E-state index in [2.05, 4.69) is 37.5 Å². The Morgan fingerprint density at radius 1 is 0.600 bits per heavy atom. The Hall–Kier alpha value is -0.780. The van der Waals surface area contributed by atoms with Crippen LogP contribution in [-0.4, -0.2) is 0 Å². The molecule has 0 nitrogen and oxygen atoms in total. The van der Waals surface area contributed by atoms with Gasteiger partial charge in [-0.1, -0.05) is 24.3 Å². The molecule has 2 aliphatic rings. The first-order chi connectivity index (χ1) is 9.81. The van der Waals surface area contributed by atoms with Gasteiger partial charge in [-0.3, -0.25) is 0 Å². The van der Waals surface area contributed by atoms with Crippen molar-refractivity contribution < 1.29 is 0 Å². The zero-order chi connectivity index (χ0) is 14.2. The Bertz CT molecular complexity index is 277. The predicted molar refractivity (Wildman–Crippen MR) is 89.7 cm³/mol. The summed E-state index contributed by atoms with van der Waals surface area (Å²) < 4.78 is 0. The van der Waals surface area contributed by atoms with E-state index in [0.29, 0.717) is 0 Å². The molecule has 0 spiro atoms. The number of hydrogen-bond donors (Lipinski definition) is 0. The van der Waals surface area contributed by atoms with Gasteiger partial charge < -0.3 is 0 Å². The van der Waals surface area contributed by atoms with Gasteiger partial charge in [-0.2, -0.15) is 0 Å². The Kier molecular flexibility index (Phi) is 6.63. The van der Waals surface area contributed by atoms with Crippen LogP contribution in [0.3, 0.4) is 0 Å². The van der Waals surface area contributed by atoms with Crippen LogP contribution in [0.15, 0.2) is 37.5 Å². The van der Waals surface area contributed by atoms with Gasteiger partial charge in [0.1, 0.15) is 0 Å². The molecule has 2 saturated carbocycles. The second-order valence-electron chi connectivity index (χ2n) is 7.00. The minimum absolute atomic E-state index is 0.863. The molecule has 2 aliphatic carbocycles. The molecule has 0 unspecified atom stereocenters. The van der Waals surface area contributed by atoms with Crippen molar-refractivity contribution in [3.05, 3.63) is 37.5 Å². The van der Waals surface area contributed by atoms with Gasteiger partial charge in [0, 0.05) is 0 Å². The number of hydrogen-bond acceptors (Lipinski definition) is 0. The van der Waals surface area contributed by atoms with Gasteiger partial charge in [-0.15, -0.1) is 13.2 Å². The van der Waals surface area contributed by atoms with Gasteiger partial charge in [0.05, 0.1) is 0 Å². The lowest BCUT2D eigenvalue weighted by atomic mass is 9.78.